The number of imidazole rings is 1. The van der Waals surface area contributed by atoms with Crippen molar-refractivity contribution in [2.24, 2.45) is 0 Å². The number of aliphatic hydroxyl groups is 1. The van der Waals surface area contributed by atoms with Crippen LogP contribution < -0.4 is 19.3 Å². The average molecular weight is 527 g/mol. The number of aromatic nitrogens is 2. The molecule has 4 aromatic rings. The highest BCUT2D eigenvalue weighted by atomic mass is 16.5. The molecule has 1 aromatic heterocycles. The van der Waals surface area contributed by atoms with E-state index in [1.54, 1.807) is 49.6 Å². The molecule has 0 spiro atoms. The van der Waals surface area contributed by atoms with Crippen molar-refractivity contribution in [3.05, 3.63) is 83.4 Å². The second kappa shape index (κ2) is 10.2. The summed E-state index contributed by atoms with van der Waals surface area (Å²) in [6.07, 6.45) is -0.0105. The molecule has 1 amide bonds. The van der Waals surface area contributed by atoms with Crippen molar-refractivity contribution in [3.63, 3.8) is 0 Å². The van der Waals surface area contributed by atoms with Crippen molar-refractivity contribution in [2.75, 3.05) is 31.0 Å². The molecule has 2 heterocycles. The summed E-state index contributed by atoms with van der Waals surface area (Å²) in [5.41, 5.74) is 3.23. The van der Waals surface area contributed by atoms with E-state index < -0.39 is 17.7 Å². The number of H-pyrrole nitrogens is 1. The zero-order valence-electron chi connectivity index (χ0n) is 22.4. The van der Waals surface area contributed by atoms with Crippen LogP contribution in [0.3, 0.4) is 0 Å². The van der Waals surface area contributed by atoms with E-state index >= 15 is 0 Å². The van der Waals surface area contributed by atoms with Crippen molar-refractivity contribution in [1.29, 1.82) is 0 Å². The quantitative estimate of drug-likeness (QED) is 0.197. The Morgan fingerprint density at radius 2 is 1.67 bits per heavy atom. The number of hydrogen-bond acceptors (Lipinski definition) is 7. The molecule has 1 fully saturated rings. The van der Waals surface area contributed by atoms with Crippen LogP contribution in [0.25, 0.3) is 16.8 Å². The summed E-state index contributed by atoms with van der Waals surface area (Å²) in [5, 5.41) is 11.4. The van der Waals surface area contributed by atoms with Gasteiger partial charge in [0.2, 0.25) is 5.95 Å². The molecule has 0 saturated carbocycles. The van der Waals surface area contributed by atoms with Crippen LogP contribution in [0, 0.1) is 0 Å². The normalized spacial score (nSPS) is 16.8. The maximum Gasteiger partial charge on any atom is 0.302 e. The Kier molecular flexibility index (Phi) is 6.74. The molecule has 3 aromatic carbocycles. The van der Waals surface area contributed by atoms with Gasteiger partial charge in [0, 0.05) is 31.4 Å². The Morgan fingerprint density at radius 1 is 1.00 bits per heavy atom. The highest BCUT2D eigenvalue weighted by Crippen LogP contribution is 2.42. The summed E-state index contributed by atoms with van der Waals surface area (Å²) in [6, 6.07) is 18.7. The Hall–Kier alpha value is -4.79. The van der Waals surface area contributed by atoms with E-state index in [4.69, 9.17) is 9.47 Å². The number of carbonyl (C=O) groups excluding carboxylic acids is 2. The van der Waals surface area contributed by atoms with Crippen molar-refractivity contribution in [1.82, 2.24) is 9.97 Å². The van der Waals surface area contributed by atoms with Crippen LogP contribution in [0.15, 0.2) is 72.3 Å². The molecule has 5 rings (SSSR count). The largest absolute Gasteiger partial charge is 0.507 e. The van der Waals surface area contributed by atoms with E-state index in [1.807, 2.05) is 57.1 Å². The molecule has 1 atom stereocenters. The number of methoxy groups -OCH3 is 1. The summed E-state index contributed by atoms with van der Waals surface area (Å²) in [5.74, 6) is -0.400. The lowest BCUT2D eigenvalue weighted by atomic mass is 9.95. The van der Waals surface area contributed by atoms with E-state index in [0.29, 0.717) is 33.7 Å². The van der Waals surface area contributed by atoms with Gasteiger partial charge < -0.3 is 24.5 Å². The lowest BCUT2D eigenvalue weighted by Gasteiger charge is -2.24. The van der Waals surface area contributed by atoms with Gasteiger partial charge in [0.05, 0.1) is 35.9 Å². The molecular formula is C30H30N4O5. The van der Waals surface area contributed by atoms with Gasteiger partial charge in [-0.3, -0.25) is 14.5 Å². The number of benzene rings is 3. The predicted octanol–water partition coefficient (Wildman–Crippen LogP) is 5.05. The van der Waals surface area contributed by atoms with E-state index in [2.05, 4.69) is 9.97 Å². The number of carbonyl (C=O) groups is 2. The van der Waals surface area contributed by atoms with Gasteiger partial charge in [-0.05, 0) is 67.9 Å². The number of Topliss-reactive ketones (excluding diaryl/α,β-unsaturated/α-hetero) is 1. The maximum absolute atomic E-state index is 13.5. The fourth-order valence-electron chi connectivity index (χ4n) is 4.66. The van der Waals surface area contributed by atoms with Gasteiger partial charge >= 0.3 is 5.91 Å². The summed E-state index contributed by atoms with van der Waals surface area (Å²) in [6.45, 7) is 3.84. The van der Waals surface area contributed by atoms with E-state index in [9.17, 15) is 14.7 Å². The van der Waals surface area contributed by atoms with Gasteiger partial charge in [-0.25, -0.2) is 4.98 Å². The minimum Gasteiger partial charge on any atom is -0.507 e. The molecule has 1 unspecified atom stereocenters. The van der Waals surface area contributed by atoms with Gasteiger partial charge in [-0.2, -0.15) is 0 Å². The number of nitrogens with one attached hydrogen (secondary N) is 1. The Morgan fingerprint density at radius 3 is 2.28 bits per heavy atom. The summed E-state index contributed by atoms with van der Waals surface area (Å²) >= 11 is 0. The van der Waals surface area contributed by atoms with E-state index in [1.165, 1.54) is 4.90 Å². The fraction of sp³-hybridized carbons (Fsp3) is 0.233. The minimum atomic E-state index is -0.907. The van der Waals surface area contributed by atoms with Crippen molar-refractivity contribution in [3.8, 4) is 11.5 Å². The molecule has 2 N–H and O–H groups in total. The van der Waals surface area contributed by atoms with Gasteiger partial charge in [0.15, 0.2) is 0 Å². The van der Waals surface area contributed by atoms with Gasteiger partial charge in [-0.1, -0.05) is 12.1 Å². The summed E-state index contributed by atoms with van der Waals surface area (Å²) in [7, 11) is 5.42. The second-order valence-corrected chi connectivity index (χ2v) is 9.79. The first kappa shape index (κ1) is 25.8. The van der Waals surface area contributed by atoms with Crippen LogP contribution in [0.4, 0.5) is 11.6 Å². The number of hydrogen-bond donors (Lipinski definition) is 2. The van der Waals surface area contributed by atoms with Gasteiger partial charge in [0.25, 0.3) is 5.78 Å². The summed E-state index contributed by atoms with van der Waals surface area (Å²) < 4.78 is 11.0. The molecule has 0 bridgehead atoms. The number of ketones is 1. The SMILES string of the molecule is COc1ccc2nc(N3C(=O)C(=O)/C(=C(/O)c4ccc(OC(C)C)cc4)C3c3ccc(N(C)C)cc3)[nH]c2c1. The molecule has 0 radical (unpaired) electrons. The fourth-order valence-corrected chi connectivity index (χ4v) is 4.66. The number of amides is 1. The van der Waals surface area contributed by atoms with Crippen LogP contribution in [0.2, 0.25) is 0 Å². The number of anilines is 2. The Bertz CT molecular complexity index is 1570. The Balaban J connectivity index is 1.65. The first-order valence-corrected chi connectivity index (χ1v) is 12.6. The second-order valence-electron chi connectivity index (χ2n) is 9.79. The smallest absolute Gasteiger partial charge is 0.302 e. The van der Waals surface area contributed by atoms with Crippen LogP contribution in [-0.2, 0) is 9.59 Å². The van der Waals surface area contributed by atoms with E-state index in [0.717, 1.165) is 5.69 Å². The molecule has 1 aliphatic heterocycles. The highest BCUT2D eigenvalue weighted by molar-refractivity contribution is 6.51. The molecule has 200 valence electrons. The lowest BCUT2D eigenvalue weighted by Crippen LogP contribution is -2.30. The van der Waals surface area contributed by atoms with Crippen LogP contribution in [0.1, 0.15) is 31.0 Å². The number of aromatic amines is 1. The predicted molar refractivity (Wildman–Crippen MR) is 150 cm³/mol. The van der Waals surface area contributed by atoms with Gasteiger partial charge in [-0.15, -0.1) is 0 Å². The zero-order valence-corrected chi connectivity index (χ0v) is 22.4. The lowest BCUT2D eigenvalue weighted by molar-refractivity contribution is -0.132. The monoisotopic (exact) mass is 526 g/mol. The molecule has 1 aliphatic rings. The third kappa shape index (κ3) is 4.79. The minimum absolute atomic E-state index is 0.0105. The van der Waals surface area contributed by atoms with Crippen LogP contribution in [0.5, 0.6) is 11.5 Å². The number of fused-ring (bicyclic) bond motifs is 1. The number of ether oxygens (including phenoxy) is 2. The number of aliphatic hydroxyl groups excluding tert-OH is 1. The van der Waals surface area contributed by atoms with Crippen LogP contribution >= 0.6 is 0 Å². The Labute approximate surface area is 226 Å². The first-order chi connectivity index (χ1) is 18.7. The van der Waals surface area contributed by atoms with Crippen molar-refractivity contribution < 1.29 is 24.2 Å². The highest BCUT2D eigenvalue weighted by Gasteiger charge is 2.48. The maximum atomic E-state index is 13.5. The van der Waals surface area contributed by atoms with Gasteiger partial charge in [0.1, 0.15) is 17.3 Å². The van der Waals surface area contributed by atoms with Crippen molar-refractivity contribution in [2.45, 2.75) is 26.0 Å². The third-order valence-corrected chi connectivity index (χ3v) is 6.57. The molecular weight excluding hydrogens is 496 g/mol. The van der Waals surface area contributed by atoms with Crippen molar-refractivity contribution >= 4 is 40.1 Å². The van der Waals surface area contributed by atoms with Crippen LogP contribution in [-0.4, -0.2) is 54.1 Å². The molecule has 39 heavy (non-hydrogen) atoms. The zero-order chi connectivity index (χ0) is 27.8. The topological polar surface area (TPSA) is 108 Å². The number of nitrogens with zero attached hydrogens (tertiary/aromatic N) is 3. The van der Waals surface area contributed by atoms with E-state index in [-0.39, 0.29) is 23.4 Å². The molecule has 9 nitrogen and oxygen atoms in total. The molecule has 1 saturated heterocycles. The average Bonchev–Trinajstić information content (AvgIpc) is 3.45. The molecule has 9 heteroatoms. The third-order valence-electron chi connectivity index (χ3n) is 6.57. The molecule has 0 aliphatic carbocycles. The summed E-state index contributed by atoms with van der Waals surface area (Å²) in [4.78, 5) is 38.0. The standard InChI is InChI=1S/C30H30N4O5/c1-17(2)39-21-12-8-19(9-13-21)27(35)25-26(18-6-10-20(11-7-18)33(3)4)34(29(37)28(25)36)30-31-23-15-14-22(38-5)16-24(23)32-30/h6-17,26,35H,1-5H3,(H,31,32)/b27-25+. The first-order valence-electron chi connectivity index (χ1n) is 12.6. The number of rotatable bonds is 7.